The molecule has 0 amide bonds. The van der Waals surface area contributed by atoms with Gasteiger partial charge in [-0.15, -0.1) is 0 Å². The van der Waals surface area contributed by atoms with E-state index in [0.29, 0.717) is 5.56 Å². The van der Waals surface area contributed by atoms with Crippen molar-refractivity contribution in [3.63, 3.8) is 0 Å². The lowest BCUT2D eigenvalue weighted by atomic mass is 10.0. The highest BCUT2D eigenvalue weighted by Crippen LogP contribution is 2.32. The number of rotatable bonds is 1. The summed E-state index contributed by atoms with van der Waals surface area (Å²) in [5, 5.41) is 9.00. The van der Waals surface area contributed by atoms with Crippen molar-refractivity contribution in [2.75, 3.05) is 0 Å². The zero-order valence-corrected chi connectivity index (χ0v) is 7.47. The molecule has 0 heterocycles. The number of halogens is 3. The molecule has 0 fully saturated rings. The minimum atomic E-state index is -4.46. The lowest BCUT2D eigenvalue weighted by molar-refractivity contribution is -0.149. The third kappa shape index (κ3) is 2.17. The van der Waals surface area contributed by atoms with Gasteiger partial charge in [-0.1, -0.05) is 6.07 Å². The summed E-state index contributed by atoms with van der Waals surface area (Å²) in [4.78, 5) is 0. The van der Waals surface area contributed by atoms with Crippen molar-refractivity contribution in [3.8, 4) is 5.75 Å². The van der Waals surface area contributed by atoms with Crippen LogP contribution in [0.15, 0.2) is 18.2 Å². The van der Waals surface area contributed by atoms with Crippen molar-refractivity contribution in [2.45, 2.75) is 19.1 Å². The number of alkyl halides is 3. The van der Waals surface area contributed by atoms with E-state index in [1.54, 1.807) is 0 Å². The Morgan fingerprint density at radius 3 is 2.36 bits per heavy atom. The molecular formula is C9H10F3NO. The second-order valence-electron chi connectivity index (χ2n) is 3.06. The summed E-state index contributed by atoms with van der Waals surface area (Å²) in [5.74, 6) is -0.0689. The Bertz CT molecular complexity index is 335. The van der Waals surface area contributed by atoms with Gasteiger partial charge in [-0.05, 0) is 30.2 Å². The van der Waals surface area contributed by atoms with E-state index in [-0.39, 0.29) is 11.3 Å². The summed E-state index contributed by atoms with van der Waals surface area (Å²) >= 11 is 0. The van der Waals surface area contributed by atoms with E-state index in [9.17, 15) is 13.2 Å². The molecule has 1 atom stereocenters. The minimum absolute atomic E-state index is 0.0182. The molecule has 1 aromatic rings. The van der Waals surface area contributed by atoms with Crippen LogP contribution in [0.2, 0.25) is 0 Å². The van der Waals surface area contributed by atoms with Gasteiger partial charge in [-0.25, -0.2) is 0 Å². The van der Waals surface area contributed by atoms with E-state index >= 15 is 0 Å². The molecule has 0 aliphatic rings. The van der Waals surface area contributed by atoms with Gasteiger partial charge in [-0.2, -0.15) is 13.2 Å². The van der Waals surface area contributed by atoms with Crippen molar-refractivity contribution in [2.24, 2.45) is 5.73 Å². The SMILES string of the molecule is Cc1cc(O)ccc1[C@@H](N)C(F)(F)F. The third-order valence-corrected chi connectivity index (χ3v) is 1.94. The fourth-order valence-corrected chi connectivity index (χ4v) is 1.19. The van der Waals surface area contributed by atoms with E-state index in [4.69, 9.17) is 10.8 Å². The Morgan fingerprint density at radius 1 is 1.36 bits per heavy atom. The molecule has 0 aliphatic heterocycles. The maximum Gasteiger partial charge on any atom is 0.407 e. The largest absolute Gasteiger partial charge is 0.508 e. The Labute approximate surface area is 79.2 Å². The topological polar surface area (TPSA) is 46.2 Å². The first-order valence-corrected chi connectivity index (χ1v) is 3.94. The number of aryl methyl sites for hydroxylation is 1. The molecule has 0 aliphatic carbocycles. The summed E-state index contributed by atoms with van der Waals surface area (Å²) in [6, 6.07) is 1.63. The van der Waals surface area contributed by atoms with Crippen LogP contribution in [-0.2, 0) is 0 Å². The highest BCUT2D eigenvalue weighted by Gasteiger charge is 2.38. The van der Waals surface area contributed by atoms with Gasteiger partial charge >= 0.3 is 6.18 Å². The highest BCUT2D eigenvalue weighted by atomic mass is 19.4. The first-order chi connectivity index (χ1) is 6.32. The van der Waals surface area contributed by atoms with Crippen molar-refractivity contribution < 1.29 is 18.3 Å². The number of nitrogens with two attached hydrogens (primary N) is 1. The molecular weight excluding hydrogens is 195 g/mol. The zero-order valence-electron chi connectivity index (χ0n) is 7.47. The van der Waals surface area contributed by atoms with Crippen LogP contribution >= 0.6 is 0 Å². The van der Waals surface area contributed by atoms with Gasteiger partial charge in [0.1, 0.15) is 11.8 Å². The van der Waals surface area contributed by atoms with E-state index in [1.165, 1.54) is 25.1 Å². The number of hydrogen-bond donors (Lipinski definition) is 2. The average molecular weight is 205 g/mol. The van der Waals surface area contributed by atoms with Gasteiger partial charge in [0.05, 0.1) is 0 Å². The molecule has 0 bridgehead atoms. The van der Waals surface area contributed by atoms with Crippen molar-refractivity contribution >= 4 is 0 Å². The predicted octanol–water partition coefficient (Wildman–Crippen LogP) is 2.26. The molecule has 0 spiro atoms. The second kappa shape index (κ2) is 3.49. The maximum absolute atomic E-state index is 12.2. The summed E-state index contributed by atoms with van der Waals surface area (Å²) in [6.07, 6.45) is -4.46. The summed E-state index contributed by atoms with van der Waals surface area (Å²) < 4.78 is 36.7. The number of aromatic hydroxyl groups is 1. The summed E-state index contributed by atoms with van der Waals surface area (Å²) in [7, 11) is 0. The third-order valence-electron chi connectivity index (χ3n) is 1.94. The van der Waals surface area contributed by atoms with Gasteiger partial charge in [0.15, 0.2) is 0 Å². The quantitative estimate of drug-likeness (QED) is 0.738. The standard InChI is InChI=1S/C9H10F3NO/c1-5-4-6(14)2-3-7(5)8(13)9(10,11)12/h2-4,8,14H,13H2,1H3/t8-/m1/s1. The number of phenolic OH excluding ortho intramolecular Hbond substituents is 1. The number of phenols is 1. The average Bonchev–Trinajstić information content (AvgIpc) is 2.01. The molecule has 5 heteroatoms. The Balaban J connectivity index is 3.08. The predicted molar refractivity (Wildman–Crippen MR) is 45.8 cm³/mol. The summed E-state index contributed by atoms with van der Waals surface area (Å²) in [6.45, 7) is 1.47. The zero-order chi connectivity index (χ0) is 10.9. The molecule has 0 unspecified atom stereocenters. The molecule has 1 aromatic carbocycles. The molecule has 1 rings (SSSR count). The lowest BCUT2D eigenvalue weighted by Crippen LogP contribution is -2.29. The number of hydrogen-bond acceptors (Lipinski definition) is 2. The van der Waals surface area contributed by atoms with Crippen LogP contribution in [0.1, 0.15) is 17.2 Å². The fourth-order valence-electron chi connectivity index (χ4n) is 1.19. The van der Waals surface area contributed by atoms with Gasteiger partial charge in [0, 0.05) is 0 Å². The van der Waals surface area contributed by atoms with E-state index < -0.39 is 12.2 Å². The highest BCUT2D eigenvalue weighted by molar-refractivity contribution is 5.36. The first-order valence-electron chi connectivity index (χ1n) is 3.94. The molecule has 0 aromatic heterocycles. The molecule has 78 valence electrons. The Morgan fingerprint density at radius 2 is 1.93 bits per heavy atom. The summed E-state index contributed by atoms with van der Waals surface area (Å²) in [5.41, 5.74) is 5.33. The minimum Gasteiger partial charge on any atom is -0.508 e. The van der Waals surface area contributed by atoms with Crippen LogP contribution in [-0.4, -0.2) is 11.3 Å². The molecule has 0 saturated carbocycles. The van der Waals surface area contributed by atoms with Crippen molar-refractivity contribution in [1.29, 1.82) is 0 Å². The van der Waals surface area contributed by atoms with Crippen LogP contribution in [0.5, 0.6) is 5.75 Å². The smallest absolute Gasteiger partial charge is 0.407 e. The van der Waals surface area contributed by atoms with Crippen LogP contribution in [0.3, 0.4) is 0 Å². The Hall–Kier alpha value is -1.23. The monoisotopic (exact) mass is 205 g/mol. The molecule has 0 radical (unpaired) electrons. The van der Waals surface area contributed by atoms with Crippen LogP contribution in [0, 0.1) is 6.92 Å². The molecule has 14 heavy (non-hydrogen) atoms. The van der Waals surface area contributed by atoms with Gasteiger partial charge in [0.2, 0.25) is 0 Å². The molecule has 2 nitrogen and oxygen atoms in total. The van der Waals surface area contributed by atoms with Crippen LogP contribution in [0.25, 0.3) is 0 Å². The first kappa shape index (κ1) is 10.8. The fraction of sp³-hybridized carbons (Fsp3) is 0.333. The van der Waals surface area contributed by atoms with Gasteiger partial charge < -0.3 is 10.8 Å². The van der Waals surface area contributed by atoms with E-state index in [1.807, 2.05) is 0 Å². The van der Waals surface area contributed by atoms with Gasteiger partial charge in [-0.3, -0.25) is 0 Å². The normalized spacial score (nSPS) is 14.1. The van der Waals surface area contributed by atoms with E-state index in [0.717, 1.165) is 0 Å². The van der Waals surface area contributed by atoms with Crippen molar-refractivity contribution in [1.82, 2.24) is 0 Å². The van der Waals surface area contributed by atoms with Gasteiger partial charge in [0.25, 0.3) is 0 Å². The molecule has 3 N–H and O–H groups in total. The lowest BCUT2D eigenvalue weighted by Gasteiger charge is -2.17. The Kier molecular flexibility index (Phi) is 2.71. The second-order valence-corrected chi connectivity index (χ2v) is 3.06. The maximum atomic E-state index is 12.2. The number of benzene rings is 1. The van der Waals surface area contributed by atoms with Crippen LogP contribution < -0.4 is 5.73 Å². The molecule has 0 saturated heterocycles. The van der Waals surface area contributed by atoms with Crippen molar-refractivity contribution in [3.05, 3.63) is 29.3 Å². The van der Waals surface area contributed by atoms with E-state index in [2.05, 4.69) is 0 Å². The van der Waals surface area contributed by atoms with Crippen LogP contribution in [0.4, 0.5) is 13.2 Å².